The first-order chi connectivity index (χ1) is 14.7. The van der Waals surface area contributed by atoms with Gasteiger partial charge in [0.2, 0.25) is 0 Å². The van der Waals surface area contributed by atoms with Gasteiger partial charge in [-0.05, 0) is 43.0 Å². The molecule has 164 valence electrons. The number of thioether (sulfide) groups is 1. The van der Waals surface area contributed by atoms with E-state index < -0.39 is 22.9 Å². The van der Waals surface area contributed by atoms with Crippen LogP contribution in [-0.2, 0) is 14.3 Å². The topological polar surface area (TPSA) is 92.7 Å². The van der Waals surface area contributed by atoms with Gasteiger partial charge in [-0.1, -0.05) is 48.5 Å². The number of rotatable bonds is 9. The average Bonchev–Trinajstić information content (AvgIpc) is 3.03. The SMILES string of the molecule is CC(=O)CCSC(C)(C)[C@H](NC(=O)OCC1c2ccccc2-c2ccccc21)C(=O)O. The molecule has 0 saturated carbocycles. The molecule has 2 aromatic carbocycles. The van der Waals surface area contributed by atoms with Crippen LogP contribution in [-0.4, -0.2) is 46.1 Å². The smallest absolute Gasteiger partial charge is 0.407 e. The molecule has 3 rings (SSSR count). The van der Waals surface area contributed by atoms with Crippen molar-refractivity contribution in [3.05, 3.63) is 59.7 Å². The maximum atomic E-state index is 12.5. The zero-order valence-electron chi connectivity index (χ0n) is 17.9. The molecule has 0 saturated heterocycles. The van der Waals surface area contributed by atoms with E-state index in [-0.39, 0.29) is 18.3 Å². The van der Waals surface area contributed by atoms with E-state index in [1.165, 1.54) is 18.7 Å². The van der Waals surface area contributed by atoms with Gasteiger partial charge in [0.15, 0.2) is 0 Å². The summed E-state index contributed by atoms with van der Waals surface area (Å²) in [6.07, 6.45) is -0.416. The van der Waals surface area contributed by atoms with Crippen molar-refractivity contribution < 1.29 is 24.2 Å². The third kappa shape index (κ3) is 5.28. The number of carbonyl (C=O) groups is 3. The van der Waals surface area contributed by atoms with Gasteiger partial charge in [-0.3, -0.25) is 4.79 Å². The third-order valence-electron chi connectivity index (χ3n) is 5.48. The number of hydrogen-bond acceptors (Lipinski definition) is 5. The Hall–Kier alpha value is -2.80. The molecule has 1 aliphatic rings. The van der Waals surface area contributed by atoms with Gasteiger partial charge in [-0.25, -0.2) is 9.59 Å². The molecular formula is C24H27NO5S. The largest absolute Gasteiger partial charge is 0.480 e. The molecule has 0 spiro atoms. The lowest BCUT2D eigenvalue weighted by Crippen LogP contribution is -2.52. The molecule has 1 aliphatic carbocycles. The van der Waals surface area contributed by atoms with Crippen LogP contribution in [0.1, 0.15) is 44.2 Å². The van der Waals surface area contributed by atoms with Gasteiger partial charge in [0.05, 0.1) is 0 Å². The van der Waals surface area contributed by atoms with E-state index in [1.54, 1.807) is 13.8 Å². The summed E-state index contributed by atoms with van der Waals surface area (Å²) in [6.45, 7) is 5.09. The quantitative estimate of drug-likeness (QED) is 0.596. The van der Waals surface area contributed by atoms with E-state index in [1.807, 2.05) is 36.4 Å². The van der Waals surface area contributed by atoms with Gasteiger partial charge >= 0.3 is 12.1 Å². The van der Waals surface area contributed by atoms with Crippen molar-refractivity contribution in [3.63, 3.8) is 0 Å². The monoisotopic (exact) mass is 441 g/mol. The van der Waals surface area contributed by atoms with E-state index in [9.17, 15) is 19.5 Å². The molecule has 1 atom stereocenters. The molecule has 0 bridgehead atoms. The van der Waals surface area contributed by atoms with Crippen LogP contribution in [0.2, 0.25) is 0 Å². The summed E-state index contributed by atoms with van der Waals surface area (Å²) in [4.78, 5) is 35.5. The Morgan fingerprint density at radius 3 is 2.13 bits per heavy atom. The predicted octanol–water partition coefficient (Wildman–Crippen LogP) is 4.47. The van der Waals surface area contributed by atoms with Crippen molar-refractivity contribution in [1.82, 2.24) is 5.32 Å². The van der Waals surface area contributed by atoms with E-state index in [2.05, 4.69) is 17.4 Å². The van der Waals surface area contributed by atoms with Crippen LogP contribution in [0.5, 0.6) is 0 Å². The Bertz CT molecular complexity index is 942. The molecule has 0 fully saturated rings. The average molecular weight is 442 g/mol. The van der Waals surface area contributed by atoms with Crippen LogP contribution in [0.3, 0.4) is 0 Å². The normalized spacial score (nSPS) is 13.8. The van der Waals surface area contributed by atoms with Crippen LogP contribution in [0.15, 0.2) is 48.5 Å². The lowest BCUT2D eigenvalue weighted by molar-refractivity contribution is -0.140. The van der Waals surface area contributed by atoms with Crippen LogP contribution in [0.25, 0.3) is 11.1 Å². The molecule has 0 aromatic heterocycles. The second-order valence-corrected chi connectivity index (χ2v) is 9.89. The number of nitrogens with one attached hydrogen (secondary N) is 1. The molecule has 0 heterocycles. The van der Waals surface area contributed by atoms with Gasteiger partial charge in [-0.2, -0.15) is 11.8 Å². The number of alkyl carbamates (subject to hydrolysis) is 1. The van der Waals surface area contributed by atoms with Crippen molar-refractivity contribution in [1.29, 1.82) is 0 Å². The molecule has 1 amide bonds. The Labute approximate surface area is 186 Å². The number of amides is 1. The molecule has 0 radical (unpaired) electrons. The van der Waals surface area contributed by atoms with E-state index >= 15 is 0 Å². The van der Waals surface area contributed by atoms with Crippen LogP contribution >= 0.6 is 11.8 Å². The fourth-order valence-corrected chi connectivity index (χ4v) is 5.07. The van der Waals surface area contributed by atoms with Gasteiger partial charge in [0.1, 0.15) is 18.4 Å². The number of ether oxygens (including phenoxy) is 1. The fourth-order valence-electron chi connectivity index (χ4n) is 3.83. The highest BCUT2D eigenvalue weighted by Gasteiger charge is 2.38. The summed E-state index contributed by atoms with van der Waals surface area (Å²) in [5.41, 5.74) is 4.43. The zero-order valence-corrected chi connectivity index (χ0v) is 18.7. The van der Waals surface area contributed by atoms with Crippen LogP contribution in [0.4, 0.5) is 4.79 Å². The summed E-state index contributed by atoms with van der Waals surface area (Å²) < 4.78 is 4.67. The predicted molar refractivity (Wildman–Crippen MR) is 121 cm³/mol. The van der Waals surface area contributed by atoms with Crippen molar-refractivity contribution >= 4 is 29.6 Å². The lowest BCUT2D eigenvalue weighted by Gasteiger charge is -2.31. The van der Waals surface area contributed by atoms with Crippen LogP contribution < -0.4 is 5.32 Å². The Kier molecular flexibility index (Phi) is 7.05. The number of ketones is 1. The first kappa shape index (κ1) is 22.9. The number of carboxylic acid groups (broad SMARTS) is 1. The summed E-state index contributed by atoms with van der Waals surface area (Å²) >= 11 is 1.34. The third-order valence-corrected chi connectivity index (χ3v) is 6.86. The first-order valence-electron chi connectivity index (χ1n) is 10.2. The highest BCUT2D eigenvalue weighted by molar-refractivity contribution is 8.00. The number of carboxylic acids is 1. The summed E-state index contributed by atoms with van der Waals surface area (Å²) in [5, 5.41) is 12.2. The van der Waals surface area contributed by atoms with E-state index in [0.717, 1.165) is 22.3 Å². The lowest BCUT2D eigenvalue weighted by atomic mass is 9.98. The highest BCUT2D eigenvalue weighted by atomic mass is 32.2. The number of benzene rings is 2. The zero-order chi connectivity index (χ0) is 22.6. The van der Waals surface area contributed by atoms with Gasteiger partial charge < -0.3 is 15.2 Å². The number of hydrogen-bond donors (Lipinski definition) is 2. The fraction of sp³-hybridized carbons (Fsp3) is 0.375. The minimum absolute atomic E-state index is 0.0414. The Morgan fingerprint density at radius 2 is 1.61 bits per heavy atom. The molecular weight excluding hydrogens is 414 g/mol. The Morgan fingerprint density at radius 1 is 1.06 bits per heavy atom. The van der Waals surface area contributed by atoms with Crippen LogP contribution in [0, 0.1) is 0 Å². The van der Waals surface area contributed by atoms with E-state index in [0.29, 0.717) is 12.2 Å². The highest BCUT2D eigenvalue weighted by Crippen LogP contribution is 2.44. The second-order valence-electron chi connectivity index (χ2n) is 8.15. The van der Waals surface area contributed by atoms with Crippen molar-refractivity contribution in [2.75, 3.05) is 12.4 Å². The number of carbonyl (C=O) groups excluding carboxylic acids is 2. The number of fused-ring (bicyclic) bond motifs is 3. The minimum Gasteiger partial charge on any atom is -0.480 e. The van der Waals surface area contributed by atoms with Gasteiger partial charge in [0, 0.05) is 22.8 Å². The Balaban J connectivity index is 1.66. The molecule has 0 unspecified atom stereocenters. The molecule has 31 heavy (non-hydrogen) atoms. The molecule has 2 N–H and O–H groups in total. The maximum Gasteiger partial charge on any atom is 0.407 e. The first-order valence-corrected chi connectivity index (χ1v) is 11.2. The number of aliphatic carboxylic acids is 1. The summed E-state index contributed by atoms with van der Waals surface area (Å²) in [5.74, 6) is -0.716. The van der Waals surface area contributed by atoms with Gasteiger partial charge in [-0.15, -0.1) is 0 Å². The van der Waals surface area contributed by atoms with E-state index in [4.69, 9.17) is 4.74 Å². The van der Waals surface area contributed by atoms with Gasteiger partial charge in [0.25, 0.3) is 0 Å². The second kappa shape index (κ2) is 9.56. The molecule has 6 nitrogen and oxygen atoms in total. The van der Waals surface area contributed by atoms with Crippen molar-refractivity contribution in [2.45, 2.75) is 43.9 Å². The standard InChI is InChI=1S/C24H27NO5S/c1-15(26)12-13-31-24(2,3)21(22(27)28)25-23(29)30-14-20-18-10-6-4-8-16(18)17-9-5-7-11-19(17)20/h4-11,20-21H,12-14H2,1-3H3,(H,25,29)(H,27,28)/t21-/m1/s1. The molecule has 2 aromatic rings. The van der Waals surface area contributed by atoms with Crippen molar-refractivity contribution in [3.8, 4) is 11.1 Å². The number of Topliss-reactive ketones (excluding diaryl/α,β-unsaturated/α-hetero) is 1. The summed E-state index contributed by atoms with van der Waals surface area (Å²) in [7, 11) is 0. The maximum absolute atomic E-state index is 12.5. The molecule has 0 aliphatic heterocycles. The van der Waals surface area contributed by atoms with Crippen molar-refractivity contribution in [2.24, 2.45) is 0 Å². The summed E-state index contributed by atoms with van der Waals surface area (Å²) in [6, 6.07) is 14.9. The molecule has 7 heteroatoms. The minimum atomic E-state index is -1.15.